The Morgan fingerprint density at radius 2 is 1.67 bits per heavy atom. The van der Waals surface area contributed by atoms with Crippen LogP contribution in [-0.2, 0) is 28.5 Å². The van der Waals surface area contributed by atoms with Crippen LogP contribution >= 0.6 is 0 Å². The fourth-order valence-corrected chi connectivity index (χ4v) is 8.13. The fraction of sp³-hybridized carbons (Fsp3) is 0.595. The number of likely N-dealkylation sites (N-methyl/N-ethyl adjacent to an activating group) is 1. The van der Waals surface area contributed by atoms with Gasteiger partial charge in [-0.25, -0.2) is 0 Å². The van der Waals surface area contributed by atoms with Crippen molar-refractivity contribution in [2.24, 2.45) is 0 Å². The van der Waals surface area contributed by atoms with Gasteiger partial charge in [0.1, 0.15) is 29.6 Å². The lowest BCUT2D eigenvalue weighted by Gasteiger charge is -2.48. The van der Waals surface area contributed by atoms with Crippen LogP contribution in [0.1, 0.15) is 101 Å². The van der Waals surface area contributed by atoms with Crippen LogP contribution in [0.3, 0.4) is 0 Å². The first-order chi connectivity index (χ1) is 24.1. The van der Waals surface area contributed by atoms with Crippen LogP contribution < -0.4 is 4.74 Å². The normalized spacial score (nSPS) is 34.8. The number of fused-ring (bicyclic) bond motifs is 3. The van der Waals surface area contributed by atoms with Gasteiger partial charge in [0.15, 0.2) is 18.4 Å². The van der Waals surface area contributed by atoms with Crippen molar-refractivity contribution in [2.45, 2.75) is 113 Å². The SMILES string of the molecule is CCC1(O)CC(OC2CC(N(C)C)C(OC3CC(O)C(O)C(C)O3)C(C)O2)c2c(cc3c(c2O)C(=O)c2c(OC)cccc2C3=O)C1C(=O)OC. The molecule has 0 bridgehead atoms. The minimum atomic E-state index is -1.72. The Kier molecular flexibility index (Phi) is 10.4. The van der Waals surface area contributed by atoms with Gasteiger partial charge in [-0.1, -0.05) is 19.1 Å². The highest BCUT2D eigenvalue weighted by Gasteiger charge is 2.53. The molecule has 0 amide bonds. The van der Waals surface area contributed by atoms with E-state index in [-0.39, 0.29) is 70.9 Å². The number of hydrogen-bond donors (Lipinski definition) is 4. The molecule has 2 aliphatic heterocycles. The summed E-state index contributed by atoms with van der Waals surface area (Å²) in [5.41, 5.74) is -1.79. The largest absolute Gasteiger partial charge is 0.507 e. The first-order valence-electron chi connectivity index (χ1n) is 17.3. The molecule has 6 rings (SSSR count). The van der Waals surface area contributed by atoms with Gasteiger partial charge in [0.05, 0.1) is 55.4 Å². The first-order valence-corrected chi connectivity index (χ1v) is 17.3. The molecule has 14 heteroatoms. The number of phenolic OH excluding ortho intramolecular Hbond substituents is 1. The molecule has 4 N–H and O–H groups in total. The monoisotopic (exact) mass is 713 g/mol. The van der Waals surface area contributed by atoms with Gasteiger partial charge in [-0.15, -0.1) is 0 Å². The average molecular weight is 714 g/mol. The number of carbonyl (C=O) groups is 3. The lowest BCUT2D eigenvalue weighted by atomic mass is 9.67. The number of aromatic hydroxyl groups is 1. The van der Waals surface area contributed by atoms with E-state index in [0.29, 0.717) is 0 Å². The van der Waals surface area contributed by atoms with Crippen LogP contribution in [0.25, 0.3) is 0 Å². The number of carbonyl (C=O) groups excluding carboxylic acids is 3. The number of methoxy groups -OCH3 is 2. The zero-order chi connectivity index (χ0) is 37.1. The van der Waals surface area contributed by atoms with Gasteiger partial charge in [0.25, 0.3) is 0 Å². The third kappa shape index (κ3) is 6.35. The predicted octanol–water partition coefficient (Wildman–Crippen LogP) is 2.34. The van der Waals surface area contributed by atoms with E-state index in [1.165, 1.54) is 26.4 Å². The summed E-state index contributed by atoms with van der Waals surface area (Å²) in [6, 6.07) is 5.73. The zero-order valence-corrected chi connectivity index (χ0v) is 29.8. The Morgan fingerprint density at radius 3 is 2.29 bits per heavy atom. The maximum absolute atomic E-state index is 14.1. The molecule has 278 valence electrons. The van der Waals surface area contributed by atoms with Crippen molar-refractivity contribution >= 4 is 17.5 Å². The van der Waals surface area contributed by atoms with Crippen LogP contribution in [0.5, 0.6) is 11.5 Å². The number of esters is 1. The van der Waals surface area contributed by atoms with E-state index in [1.807, 2.05) is 25.9 Å². The Balaban J connectivity index is 1.38. The van der Waals surface area contributed by atoms with Crippen molar-refractivity contribution in [1.82, 2.24) is 4.90 Å². The van der Waals surface area contributed by atoms with E-state index in [2.05, 4.69) is 0 Å². The molecule has 11 unspecified atom stereocenters. The lowest BCUT2D eigenvalue weighted by Crippen LogP contribution is -2.57. The van der Waals surface area contributed by atoms with Gasteiger partial charge in [-0.05, 0) is 52.1 Å². The predicted molar refractivity (Wildman–Crippen MR) is 179 cm³/mol. The number of ether oxygens (including phenoxy) is 6. The van der Waals surface area contributed by atoms with Crippen LogP contribution in [0.4, 0.5) is 0 Å². The Bertz CT molecular complexity index is 1680. The van der Waals surface area contributed by atoms with Gasteiger partial charge in [-0.3, -0.25) is 14.4 Å². The summed E-state index contributed by atoms with van der Waals surface area (Å²) < 4.78 is 35.6. The Hall–Kier alpha value is -3.47. The minimum absolute atomic E-state index is 0.0123. The van der Waals surface area contributed by atoms with E-state index in [9.17, 15) is 34.8 Å². The molecule has 2 aliphatic carbocycles. The highest BCUT2D eigenvalue weighted by atomic mass is 16.7. The summed E-state index contributed by atoms with van der Waals surface area (Å²) in [6.45, 7) is 5.18. The molecule has 51 heavy (non-hydrogen) atoms. The van der Waals surface area contributed by atoms with E-state index in [0.717, 1.165) is 0 Å². The summed E-state index contributed by atoms with van der Waals surface area (Å²) in [6.07, 6.45) is -6.31. The van der Waals surface area contributed by atoms with Crippen LogP contribution in [0.15, 0.2) is 24.3 Å². The van der Waals surface area contributed by atoms with Crippen LogP contribution in [0.2, 0.25) is 0 Å². The number of phenols is 1. The molecule has 0 spiro atoms. The maximum atomic E-state index is 14.1. The highest BCUT2D eigenvalue weighted by Crippen LogP contribution is 2.54. The van der Waals surface area contributed by atoms with Crippen molar-refractivity contribution < 1.29 is 63.2 Å². The van der Waals surface area contributed by atoms with E-state index in [4.69, 9.17) is 28.4 Å². The molecule has 0 radical (unpaired) electrons. The summed E-state index contributed by atoms with van der Waals surface area (Å²) in [5, 5.41) is 44.5. The molecule has 2 heterocycles. The first kappa shape index (κ1) is 37.3. The van der Waals surface area contributed by atoms with Gasteiger partial charge >= 0.3 is 5.97 Å². The van der Waals surface area contributed by atoms with Crippen molar-refractivity contribution in [2.75, 3.05) is 28.3 Å². The molecule has 14 nitrogen and oxygen atoms in total. The minimum Gasteiger partial charge on any atom is -0.507 e. The summed E-state index contributed by atoms with van der Waals surface area (Å²) in [7, 11) is 6.32. The fourth-order valence-electron chi connectivity index (χ4n) is 8.13. The molecular formula is C37H47NO13. The molecular weight excluding hydrogens is 666 g/mol. The number of nitrogens with zero attached hydrogens (tertiary/aromatic N) is 1. The smallest absolute Gasteiger partial charge is 0.316 e. The summed E-state index contributed by atoms with van der Waals surface area (Å²) in [5.74, 6) is -3.63. The highest BCUT2D eigenvalue weighted by molar-refractivity contribution is 6.30. The molecule has 0 saturated carbocycles. The van der Waals surface area contributed by atoms with Gasteiger partial charge in [-0.2, -0.15) is 0 Å². The van der Waals surface area contributed by atoms with Gasteiger partial charge < -0.3 is 53.7 Å². The van der Waals surface area contributed by atoms with E-state index >= 15 is 0 Å². The van der Waals surface area contributed by atoms with Gasteiger partial charge in [0, 0.05) is 42.0 Å². The van der Waals surface area contributed by atoms with Crippen LogP contribution in [-0.4, -0.2) is 126 Å². The van der Waals surface area contributed by atoms with Gasteiger partial charge in [0.2, 0.25) is 5.78 Å². The summed E-state index contributed by atoms with van der Waals surface area (Å²) in [4.78, 5) is 43.3. The molecule has 0 aromatic heterocycles. The van der Waals surface area contributed by atoms with E-state index < -0.39 is 84.0 Å². The zero-order valence-electron chi connectivity index (χ0n) is 29.8. The second-order valence-electron chi connectivity index (χ2n) is 14.1. The van der Waals surface area contributed by atoms with Crippen molar-refractivity contribution in [3.05, 3.63) is 57.6 Å². The second-order valence-corrected chi connectivity index (χ2v) is 14.1. The molecule has 2 saturated heterocycles. The number of benzene rings is 2. The third-order valence-electron chi connectivity index (χ3n) is 10.9. The number of aliphatic hydroxyl groups is 3. The number of hydrogen-bond acceptors (Lipinski definition) is 14. The number of rotatable bonds is 8. The maximum Gasteiger partial charge on any atom is 0.316 e. The molecule has 2 fully saturated rings. The second kappa shape index (κ2) is 14.2. The standard InChI is InChI=1S/C37H47NO13/c1-8-37(45)15-24(50-25-13-21(38(4)5)35(17(3)49-25)51-26-14-22(39)31(40)16(2)48-26)28-19(30(37)36(44)47-7)12-20-29(34(28)43)33(42)27-18(32(20)41)10-9-11-23(27)46-6/h9-12,16-17,21-22,24-26,30-31,35,39-40,43,45H,8,13-15H2,1-7H3. The van der Waals surface area contributed by atoms with Crippen LogP contribution in [0, 0.1) is 0 Å². The molecule has 11 atom stereocenters. The third-order valence-corrected chi connectivity index (χ3v) is 10.9. The lowest BCUT2D eigenvalue weighted by molar-refractivity contribution is -0.310. The summed E-state index contributed by atoms with van der Waals surface area (Å²) >= 11 is 0. The quantitative estimate of drug-likeness (QED) is 0.249. The Morgan fingerprint density at radius 1 is 0.980 bits per heavy atom. The van der Waals surface area contributed by atoms with E-state index in [1.54, 1.807) is 26.0 Å². The number of ketones is 2. The topological polar surface area (TPSA) is 191 Å². The Labute approximate surface area is 296 Å². The van der Waals surface area contributed by atoms with Crippen molar-refractivity contribution in [1.29, 1.82) is 0 Å². The molecule has 4 aliphatic rings. The molecule has 2 aromatic carbocycles. The number of aliphatic hydroxyl groups excluding tert-OH is 2. The van der Waals surface area contributed by atoms with Crippen molar-refractivity contribution in [3.63, 3.8) is 0 Å². The average Bonchev–Trinajstić information content (AvgIpc) is 3.09. The van der Waals surface area contributed by atoms with Crippen molar-refractivity contribution in [3.8, 4) is 11.5 Å². The molecule has 2 aromatic rings.